The van der Waals surface area contributed by atoms with Gasteiger partial charge in [-0.15, -0.1) is 0 Å². The van der Waals surface area contributed by atoms with E-state index in [0.29, 0.717) is 22.6 Å². The van der Waals surface area contributed by atoms with Crippen LogP contribution in [0.15, 0.2) is 42.5 Å². The molecule has 0 aliphatic heterocycles. The van der Waals surface area contributed by atoms with Gasteiger partial charge in [-0.05, 0) is 49.4 Å². The van der Waals surface area contributed by atoms with E-state index in [1.807, 2.05) is 6.07 Å². The Morgan fingerprint density at radius 2 is 1.91 bits per heavy atom. The molecule has 0 saturated heterocycles. The Balaban J connectivity index is 1.91. The number of ether oxygens (including phenoxy) is 1. The predicted molar refractivity (Wildman–Crippen MR) is 86.7 cm³/mol. The Labute approximate surface area is 138 Å². The normalized spacial score (nSPS) is 9.78. The van der Waals surface area contributed by atoms with E-state index >= 15 is 0 Å². The average Bonchev–Trinajstić information content (AvgIpc) is 2.53. The molecule has 116 valence electrons. The average molecular weight is 329 g/mol. The quantitative estimate of drug-likeness (QED) is 0.853. The lowest BCUT2D eigenvalue weighted by molar-refractivity contribution is -0.118. The molecule has 0 atom stereocenters. The Bertz CT molecular complexity index is 779. The SMILES string of the molecule is CC(=O)c1ccc(OCC(=O)Nc2ccc(C#N)c(Cl)c2)cc1. The van der Waals surface area contributed by atoms with Crippen LogP contribution in [0.1, 0.15) is 22.8 Å². The number of amides is 1. The fourth-order valence-electron chi connectivity index (χ4n) is 1.82. The number of nitriles is 1. The number of carbonyl (C=O) groups is 2. The summed E-state index contributed by atoms with van der Waals surface area (Å²) in [5.41, 5.74) is 1.40. The van der Waals surface area contributed by atoms with Crippen LogP contribution in [0.2, 0.25) is 5.02 Å². The van der Waals surface area contributed by atoms with Crippen LogP contribution >= 0.6 is 11.6 Å². The molecular weight excluding hydrogens is 316 g/mol. The Morgan fingerprint density at radius 1 is 1.22 bits per heavy atom. The summed E-state index contributed by atoms with van der Waals surface area (Å²) in [5, 5.41) is 11.7. The minimum absolute atomic E-state index is 0.0352. The second kappa shape index (κ2) is 7.43. The van der Waals surface area contributed by atoms with Crippen LogP contribution in [0.5, 0.6) is 5.75 Å². The van der Waals surface area contributed by atoms with Gasteiger partial charge in [0.05, 0.1) is 10.6 Å². The van der Waals surface area contributed by atoms with Gasteiger partial charge in [0.1, 0.15) is 11.8 Å². The van der Waals surface area contributed by atoms with Crippen LogP contribution in [-0.4, -0.2) is 18.3 Å². The molecular formula is C17H13ClN2O3. The molecule has 2 rings (SSSR count). The third-order valence-electron chi connectivity index (χ3n) is 3.00. The minimum Gasteiger partial charge on any atom is -0.484 e. The summed E-state index contributed by atoms with van der Waals surface area (Å²) in [6, 6.07) is 13.1. The summed E-state index contributed by atoms with van der Waals surface area (Å²) in [7, 11) is 0. The number of nitrogens with one attached hydrogen (secondary N) is 1. The Morgan fingerprint density at radius 3 is 2.48 bits per heavy atom. The number of carbonyl (C=O) groups excluding carboxylic acids is 2. The topological polar surface area (TPSA) is 79.2 Å². The van der Waals surface area contributed by atoms with E-state index in [1.54, 1.807) is 30.3 Å². The first kappa shape index (κ1) is 16.5. The molecule has 0 spiro atoms. The van der Waals surface area contributed by atoms with Crippen molar-refractivity contribution in [3.05, 3.63) is 58.6 Å². The second-order valence-corrected chi connectivity index (χ2v) is 5.13. The van der Waals surface area contributed by atoms with E-state index in [4.69, 9.17) is 21.6 Å². The third-order valence-corrected chi connectivity index (χ3v) is 3.32. The first-order valence-corrected chi connectivity index (χ1v) is 7.10. The third kappa shape index (κ3) is 4.56. The van der Waals surface area contributed by atoms with Gasteiger partial charge in [-0.3, -0.25) is 9.59 Å². The van der Waals surface area contributed by atoms with E-state index < -0.39 is 0 Å². The van der Waals surface area contributed by atoms with Crippen molar-refractivity contribution in [2.45, 2.75) is 6.92 Å². The van der Waals surface area contributed by atoms with Gasteiger partial charge in [0.25, 0.3) is 5.91 Å². The highest BCUT2D eigenvalue weighted by Crippen LogP contribution is 2.20. The van der Waals surface area contributed by atoms with E-state index in [0.717, 1.165) is 0 Å². The van der Waals surface area contributed by atoms with Crippen LogP contribution in [0.25, 0.3) is 0 Å². The first-order valence-electron chi connectivity index (χ1n) is 6.73. The van der Waals surface area contributed by atoms with Crippen LogP contribution in [0.4, 0.5) is 5.69 Å². The fourth-order valence-corrected chi connectivity index (χ4v) is 2.04. The number of nitrogens with zero attached hydrogens (tertiary/aromatic N) is 1. The smallest absolute Gasteiger partial charge is 0.262 e. The number of Topliss-reactive ketones (excluding diaryl/α,β-unsaturated/α-hetero) is 1. The molecule has 1 amide bonds. The Hall–Kier alpha value is -2.84. The summed E-state index contributed by atoms with van der Waals surface area (Å²) in [5.74, 6) is 0.0939. The number of hydrogen-bond acceptors (Lipinski definition) is 4. The molecule has 6 heteroatoms. The van der Waals surface area contributed by atoms with E-state index in [1.165, 1.54) is 19.1 Å². The van der Waals surface area contributed by atoms with Crippen molar-refractivity contribution in [1.82, 2.24) is 0 Å². The number of ketones is 1. The maximum atomic E-state index is 11.8. The highest BCUT2D eigenvalue weighted by atomic mass is 35.5. The summed E-state index contributed by atoms with van der Waals surface area (Å²) in [4.78, 5) is 23.0. The van der Waals surface area contributed by atoms with Crippen molar-refractivity contribution in [2.24, 2.45) is 0 Å². The summed E-state index contributed by atoms with van der Waals surface area (Å²) in [6.07, 6.45) is 0. The molecule has 0 radical (unpaired) electrons. The van der Waals surface area contributed by atoms with Gasteiger partial charge >= 0.3 is 0 Å². The molecule has 0 aromatic heterocycles. The summed E-state index contributed by atoms with van der Waals surface area (Å²) in [6.45, 7) is 1.29. The van der Waals surface area contributed by atoms with Crippen molar-refractivity contribution in [3.8, 4) is 11.8 Å². The lowest BCUT2D eigenvalue weighted by Crippen LogP contribution is -2.20. The van der Waals surface area contributed by atoms with E-state index in [9.17, 15) is 9.59 Å². The minimum atomic E-state index is -0.360. The van der Waals surface area contributed by atoms with Crippen molar-refractivity contribution in [2.75, 3.05) is 11.9 Å². The number of rotatable bonds is 5. The lowest BCUT2D eigenvalue weighted by Gasteiger charge is -2.08. The van der Waals surface area contributed by atoms with E-state index in [2.05, 4.69) is 5.32 Å². The molecule has 0 bridgehead atoms. The highest BCUT2D eigenvalue weighted by molar-refractivity contribution is 6.32. The van der Waals surface area contributed by atoms with Crippen molar-refractivity contribution in [3.63, 3.8) is 0 Å². The molecule has 1 N–H and O–H groups in total. The molecule has 0 unspecified atom stereocenters. The maximum Gasteiger partial charge on any atom is 0.262 e. The number of benzene rings is 2. The van der Waals surface area contributed by atoms with Crippen LogP contribution in [0, 0.1) is 11.3 Å². The largest absolute Gasteiger partial charge is 0.484 e. The standard InChI is InChI=1S/C17H13ClN2O3/c1-11(21)12-3-6-15(7-4-12)23-10-17(22)20-14-5-2-13(9-19)16(18)8-14/h2-8H,10H2,1H3,(H,20,22). The predicted octanol–water partition coefficient (Wildman–Crippen LogP) is 3.43. The summed E-state index contributed by atoms with van der Waals surface area (Å²) >= 11 is 5.89. The van der Waals surface area contributed by atoms with Gasteiger partial charge in [-0.1, -0.05) is 11.6 Å². The molecule has 23 heavy (non-hydrogen) atoms. The molecule has 5 nitrogen and oxygen atoms in total. The van der Waals surface area contributed by atoms with Crippen molar-refractivity contribution < 1.29 is 14.3 Å². The summed E-state index contributed by atoms with van der Waals surface area (Å²) < 4.78 is 5.34. The van der Waals surface area contributed by atoms with Crippen LogP contribution < -0.4 is 10.1 Å². The van der Waals surface area contributed by atoms with Crippen molar-refractivity contribution >= 4 is 29.0 Å². The molecule has 0 saturated carbocycles. The molecule has 0 fully saturated rings. The van der Waals surface area contributed by atoms with Crippen LogP contribution in [0.3, 0.4) is 0 Å². The zero-order valence-corrected chi connectivity index (χ0v) is 13.1. The Kier molecular flexibility index (Phi) is 5.34. The highest BCUT2D eigenvalue weighted by Gasteiger charge is 2.07. The van der Waals surface area contributed by atoms with Crippen LogP contribution in [-0.2, 0) is 4.79 Å². The number of anilines is 1. The van der Waals surface area contributed by atoms with Gasteiger partial charge in [0.2, 0.25) is 0 Å². The van der Waals surface area contributed by atoms with Gasteiger partial charge in [0.15, 0.2) is 12.4 Å². The lowest BCUT2D eigenvalue weighted by atomic mass is 10.1. The maximum absolute atomic E-state index is 11.8. The molecule has 0 aliphatic carbocycles. The second-order valence-electron chi connectivity index (χ2n) is 4.72. The number of halogens is 1. The van der Waals surface area contributed by atoms with Gasteiger partial charge in [0, 0.05) is 11.3 Å². The van der Waals surface area contributed by atoms with Crippen molar-refractivity contribution in [1.29, 1.82) is 5.26 Å². The van der Waals surface area contributed by atoms with Gasteiger partial charge in [-0.25, -0.2) is 0 Å². The zero-order chi connectivity index (χ0) is 16.8. The molecule has 0 aliphatic rings. The molecule has 2 aromatic rings. The monoisotopic (exact) mass is 328 g/mol. The molecule has 0 heterocycles. The first-order chi connectivity index (χ1) is 11.0. The van der Waals surface area contributed by atoms with Gasteiger partial charge in [-0.2, -0.15) is 5.26 Å². The van der Waals surface area contributed by atoms with E-state index in [-0.39, 0.29) is 23.3 Å². The molecule has 2 aromatic carbocycles. The number of hydrogen-bond donors (Lipinski definition) is 1. The van der Waals surface area contributed by atoms with Gasteiger partial charge < -0.3 is 10.1 Å². The fraction of sp³-hybridized carbons (Fsp3) is 0.118. The zero-order valence-electron chi connectivity index (χ0n) is 12.3.